The lowest BCUT2D eigenvalue weighted by Crippen LogP contribution is -2.60. The average Bonchev–Trinajstić information content (AvgIpc) is 2.39. The highest BCUT2D eigenvalue weighted by molar-refractivity contribution is 4.87. The normalized spacial score (nSPS) is 52.1. The van der Waals surface area contributed by atoms with E-state index in [4.69, 9.17) is 9.47 Å². The minimum absolute atomic E-state index is 0.253. The number of aliphatic hydroxyl groups excluding tert-OH is 6. The molecule has 6 N–H and O–H groups in total. The molecule has 0 saturated carbocycles. The Balaban J connectivity index is 1.99. The van der Waals surface area contributed by atoms with Crippen molar-refractivity contribution < 1.29 is 44.8 Å². The number of ether oxygens (including phenoxy) is 3. The van der Waals surface area contributed by atoms with Gasteiger partial charge in [-0.25, -0.2) is 0 Å². The SMILES string of the molecule is OC1[C@H](O)CO[C@@H](OC2[C@H](O)CO[C@H](O)[C@H]2O)[C@H]1O. The van der Waals surface area contributed by atoms with Crippen LogP contribution in [0.2, 0.25) is 0 Å². The molecule has 8 atom stereocenters. The molecule has 0 aromatic heterocycles. The summed E-state index contributed by atoms with van der Waals surface area (Å²) in [5, 5.41) is 57.0. The van der Waals surface area contributed by atoms with E-state index in [2.05, 4.69) is 4.74 Å². The Hall–Kier alpha value is -0.360. The van der Waals surface area contributed by atoms with Gasteiger partial charge in [0.05, 0.1) is 13.2 Å². The van der Waals surface area contributed by atoms with E-state index in [1.54, 1.807) is 0 Å². The van der Waals surface area contributed by atoms with E-state index in [0.29, 0.717) is 0 Å². The molecule has 0 aromatic rings. The molecule has 0 aromatic carbocycles. The van der Waals surface area contributed by atoms with Crippen LogP contribution in [-0.4, -0.2) is 93.1 Å². The number of rotatable bonds is 2. The van der Waals surface area contributed by atoms with Gasteiger partial charge >= 0.3 is 0 Å². The minimum atomic E-state index is -1.54. The molecule has 0 radical (unpaired) electrons. The Bertz CT molecular complexity index is 301. The van der Waals surface area contributed by atoms with Gasteiger partial charge in [-0.15, -0.1) is 0 Å². The van der Waals surface area contributed by atoms with E-state index >= 15 is 0 Å². The Labute approximate surface area is 108 Å². The topological polar surface area (TPSA) is 149 Å². The van der Waals surface area contributed by atoms with Crippen molar-refractivity contribution in [1.29, 1.82) is 0 Å². The number of hydrogen-bond donors (Lipinski definition) is 6. The average molecular weight is 282 g/mol. The predicted molar refractivity (Wildman–Crippen MR) is 56.6 cm³/mol. The van der Waals surface area contributed by atoms with Gasteiger partial charge in [-0.05, 0) is 0 Å². The maximum atomic E-state index is 9.66. The standard InChI is InChI=1S/C10H18O9/c11-3-1-18-10(6(14)5(3)13)19-8-4(12)2-17-9(16)7(8)15/h3-16H,1-2H2/t3-,4-,5?,6+,7+,8?,9+,10+/m1/s1. The highest BCUT2D eigenvalue weighted by Crippen LogP contribution is 2.23. The third-order valence-corrected chi connectivity index (χ3v) is 3.19. The summed E-state index contributed by atoms with van der Waals surface area (Å²) in [5.41, 5.74) is 0. The zero-order valence-electron chi connectivity index (χ0n) is 9.94. The second-order valence-corrected chi connectivity index (χ2v) is 4.63. The van der Waals surface area contributed by atoms with E-state index in [-0.39, 0.29) is 13.2 Å². The van der Waals surface area contributed by atoms with Crippen molar-refractivity contribution in [2.45, 2.75) is 49.2 Å². The van der Waals surface area contributed by atoms with Gasteiger partial charge in [0.2, 0.25) is 0 Å². The fraction of sp³-hybridized carbons (Fsp3) is 1.00. The second kappa shape index (κ2) is 5.95. The van der Waals surface area contributed by atoms with Gasteiger partial charge < -0.3 is 44.8 Å². The molecular formula is C10H18O9. The largest absolute Gasteiger partial charge is 0.388 e. The molecule has 2 fully saturated rings. The van der Waals surface area contributed by atoms with Crippen LogP contribution in [-0.2, 0) is 14.2 Å². The molecule has 2 heterocycles. The molecule has 2 unspecified atom stereocenters. The highest BCUT2D eigenvalue weighted by Gasteiger charge is 2.45. The number of hydrogen-bond acceptors (Lipinski definition) is 9. The first kappa shape index (κ1) is 15.0. The second-order valence-electron chi connectivity index (χ2n) is 4.63. The van der Waals surface area contributed by atoms with Crippen LogP contribution < -0.4 is 0 Å². The molecule has 0 amide bonds. The number of aliphatic hydroxyl groups is 6. The first-order chi connectivity index (χ1) is 8.91. The van der Waals surface area contributed by atoms with E-state index in [1.807, 2.05) is 0 Å². The van der Waals surface area contributed by atoms with Crippen molar-refractivity contribution in [1.82, 2.24) is 0 Å². The summed E-state index contributed by atoms with van der Waals surface area (Å²) in [6, 6.07) is 0. The van der Waals surface area contributed by atoms with Crippen LogP contribution in [0.1, 0.15) is 0 Å². The van der Waals surface area contributed by atoms with Crippen molar-refractivity contribution >= 4 is 0 Å². The van der Waals surface area contributed by atoms with Gasteiger partial charge in [-0.3, -0.25) is 0 Å². The van der Waals surface area contributed by atoms with Crippen molar-refractivity contribution in [3.8, 4) is 0 Å². The summed E-state index contributed by atoms with van der Waals surface area (Å²) in [5.74, 6) is 0. The summed E-state index contributed by atoms with van der Waals surface area (Å²) in [6.45, 7) is -0.516. The summed E-state index contributed by atoms with van der Waals surface area (Å²) in [4.78, 5) is 0. The maximum Gasteiger partial charge on any atom is 0.186 e. The molecule has 2 aliphatic rings. The van der Waals surface area contributed by atoms with Gasteiger partial charge in [0.25, 0.3) is 0 Å². The third kappa shape index (κ3) is 3.05. The Morgan fingerprint density at radius 3 is 2.05 bits per heavy atom. The first-order valence-corrected chi connectivity index (χ1v) is 5.89. The molecule has 0 bridgehead atoms. The lowest BCUT2D eigenvalue weighted by atomic mass is 10.0. The molecular weight excluding hydrogens is 264 g/mol. The van der Waals surface area contributed by atoms with Gasteiger partial charge in [0.15, 0.2) is 12.6 Å². The third-order valence-electron chi connectivity index (χ3n) is 3.19. The summed E-state index contributed by atoms with van der Waals surface area (Å²) < 4.78 is 14.8. The minimum Gasteiger partial charge on any atom is -0.388 e. The maximum absolute atomic E-state index is 9.66. The predicted octanol–water partition coefficient (Wildman–Crippen LogP) is -4.12. The Morgan fingerprint density at radius 2 is 1.37 bits per heavy atom. The van der Waals surface area contributed by atoms with E-state index in [0.717, 1.165) is 0 Å². The van der Waals surface area contributed by atoms with Crippen LogP contribution in [0.5, 0.6) is 0 Å². The summed E-state index contributed by atoms with van der Waals surface area (Å²) in [7, 11) is 0. The molecule has 19 heavy (non-hydrogen) atoms. The van der Waals surface area contributed by atoms with Crippen LogP contribution in [0.25, 0.3) is 0 Å². The van der Waals surface area contributed by atoms with Gasteiger partial charge in [-0.1, -0.05) is 0 Å². The van der Waals surface area contributed by atoms with Crippen molar-refractivity contribution in [2.24, 2.45) is 0 Å². The van der Waals surface area contributed by atoms with Gasteiger partial charge in [0.1, 0.15) is 36.6 Å². The van der Waals surface area contributed by atoms with Crippen LogP contribution >= 0.6 is 0 Å². The van der Waals surface area contributed by atoms with Crippen LogP contribution in [0.15, 0.2) is 0 Å². The molecule has 2 rings (SSSR count). The van der Waals surface area contributed by atoms with Gasteiger partial charge in [-0.2, -0.15) is 0 Å². The Morgan fingerprint density at radius 1 is 0.737 bits per heavy atom. The lowest BCUT2D eigenvalue weighted by Gasteiger charge is -2.41. The molecule has 9 heteroatoms. The molecule has 2 aliphatic heterocycles. The lowest BCUT2D eigenvalue weighted by molar-refractivity contribution is -0.329. The molecule has 0 aliphatic carbocycles. The van der Waals surface area contributed by atoms with Crippen molar-refractivity contribution in [3.63, 3.8) is 0 Å². The fourth-order valence-corrected chi connectivity index (χ4v) is 2.01. The van der Waals surface area contributed by atoms with E-state index < -0.39 is 49.2 Å². The molecule has 2 saturated heterocycles. The van der Waals surface area contributed by atoms with E-state index in [1.165, 1.54) is 0 Å². The van der Waals surface area contributed by atoms with E-state index in [9.17, 15) is 30.6 Å². The van der Waals surface area contributed by atoms with Crippen LogP contribution in [0.3, 0.4) is 0 Å². The smallest absolute Gasteiger partial charge is 0.186 e. The quantitative estimate of drug-likeness (QED) is 0.297. The van der Waals surface area contributed by atoms with Crippen molar-refractivity contribution in [3.05, 3.63) is 0 Å². The van der Waals surface area contributed by atoms with Crippen molar-refractivity contribution in [2.75, 3.05) is 13.2 Å². The van der Waals surface area contributed by atoms with Crippen LogP contribution in [0.4, 0.5) is 0 Å². The summed E-state index contributed by atoms with van der Waals surface area (Å²) >= 11 is 0. The van der Waals surface area contributed by atoms with Gasteiger partial charge in [0, 0.05) is 0 Å². The van der Waals surface area contributed by atoms with Crippen LogP contribution in [0, 0.1) is 0 Å². The zero-order valence-corrected chi connectivity index (χ0v) is 9.94. The molecule has 9 nitrogen and oxygen atoms in total. The Kier molecular flexibility index (Phi) is 4.71. The summed E-state index contributed by atoms with van der Waals surface area (Å²) in [6.07, 6.45) is -11.1. The molecule has 0 spiro atoms. The fourth-order valence-electron chi connectivity index (χ4n) is 2.01. The monoisotopic (exact) mass is 282 g/mol. The first-order valence-electron chi connectivity index (χ1n) is 5.89. The molecule has 112 valence electrons. The highest BCUT2D eigenvalue weighted by atomic mass is 16.7. The zero-order chi connectivity index (χ0) is 14.2.